The average Bonchev–Trinajstić information content (AvgIpc) is 1.56. The van der Waals surface area contributed by atoms with Gasteiger partial charge in [0.05, 0.1) is 6.61 Å². The Morgan fingerprint density at radius 2 is 1.25 bits per heavy atom. The Balaban J connectivity index is 0. The summed E-state index contributed by atoms with van der Waals surface area (Å²) in [5, 5.41) is 5.92. The van der Waals surface area contributed by atoms with Crippen LogP contribution in [0, 0.1) is 0 Å². The molecule has 12 heavy (non-hydrogen) atoms. The molecule has 0 rings (SSSR count). The van der Waals surface area contributed by atoms with E-state index < -0.39 is 27.2 Å². The maximum atomic E-state index is 10.3. The van der Waals surface area contributed by atoms with E-state index in [9.17, 15) is 9.13 Å². The van der Waals surface area contributed by atoms with Crippen LogP contribution in [0.2, 0.25) is 0 Å². The molecule has 0 aromatic carbocycles. The van der Waals surface area contributed by atoms with Gasteiger partial charge in [-0.3, -0.25) is 9.13 Å². The zero-order valence-corrected chi connectivity index (χ0v) is 10.4. The number of hydrogen-bond donors (Lipinski definition) is 5. The fourth-order valence-electron chi connectivity index (χ4n) is 0.409. The van der Waals surface area contributed by atoms with E-state index in [1.165, 1.54) is 0 Å². The van der Waals surface area contributed by atoms with Gasteiger partial charge in [0.15, 0.2) is 5.40 Å². The van der Waals surface area contributed by atoms with Crippen LogP contribution in [0.15, 0.2) is 0 Å². The minimum Gasteiger partial charge on any atom is -0.395 e. The molecule has 0 bridgehead atoms. The van der Waals surface area contributed by atoms with Crippen molar-refractivity contribution in [1.82, 2.24) is 0 Å². The summed E-state index contributed by atoms with van der Waals surface area (Å²) in [6.45, 7) is -1.24. The summed E-state index contributed by atoms with van der Waals surface area (Å²) in [6, 6.07) is 0. The van der Waals surface area contributed by atoms with Crippen LogP contribution in [0.1, 0.15) is 0 Å². The van der Waals surface area contributed by atoms with Crippen molar-refractivity contribution in [1.29, 1.82) is 0 Å². The molecule has 74 valence electrons. The van der Waals surface area contributed by atoms with Crippen LogP contribution < -0.4 is 0 Å². The van der Waals surface area contributed by atoms with E-state index in [1.807, 2.05) is 0 Å². The fraction of sp³-hybridized carbons (Fsp3) is 1.00. The van der Waals surface area contributed by atoms with Gasteiger partial charge in [0.2, 0.25) is 0 Å². The molecule has 0 radical (unpaired) electrons. The Hall–Kier alpha value is 0.948. The van der Waals surface area contributed by atoms with E-state index in [2.05, 4.69) is 0 Å². The van der Waals surface area contributed by atoms with Gasteiger partial charge in [-0.25, -0.2) is 0 Å². The van der Waals surface area contributed by atoms with E-state index in [1.54, 1.807) is 0 Å². The molecule has 0 aliphatic heterocycles. The van der Waals surface area contributed by atoms with Crippen molar-refractivity contribution in [2.75, 3.05) is 6.61 Å². The smallest absolute Gasteiger partial charge is 0.343 e. The molecule has 0 aliphatic carbocycles. The molecule has 7 nitrogen and oxygen atoms in total. The van der Waals surface area contributed by atoms with Crippen LogP contribution in [-0.2, 0) is 30.2 Å². The maximum absolute atomic E-state index is 10.3. The van der Waals surface area contributed by atoms with Crippen molar-refractivity contribution >= 4 is 15.2 Å². The summed E-state index contributed by atoms with van der Waals surface area (Å²) in [5.74, 6) is 0. The van der Waals surface area contributed by atoms with Gasteiger partial charge in [-0.15, -0.1) is 0 Å². The third-order valence-corrected chi connectivity index (χ3v) is 4.62. The molecule has 0 unspecified atom stereocenters. The molecule has 0 atom stereocenters. The summed E-state index contributed by atoms with van der Waals surface area (Å²) >= 11 is 0. The molecule has 0 saturated carbocycles. The third-order valence-electron chi connectivity index (χ3n) is 0.940. The summed E-state index contributed by atoms with van der Waals surface area (Å²) < 4.78 is 20.5. The van der Waals surface area contributed by atoms with E-state index in [0.29, 0.717) is 0 Å². The van der Waals surface area contributed by atoms with E-state index in [-0.39, 0.29) is 21.1 Å². The number of aliphatic hydroxyl groups excluding tert-OH is 1. The second-order valence-corrected chi connectivity index (χ2v) is 5.85. The minimum atomic E-state index is -4.91. The van der Waals surface area contributed by atoms with Crippen LogP contribution in [0.5, 0.6) is 0 Å². The Kier molecular flexibility index (Phi) is 6.41. The molecule has 0 aromatic heterocycles. The average molecular weight is 390 g/mol. The van der Waals surface area contributed by atoms with Crippen molar-refractivity contribution < 1.29 is 54.9 Å². The van der Waals surface area contributed by atoms with Gasteiger partial charge in [-0.1, -0.05) is 0 Å². The fourth-order valence-corrected chi connectivity index (χ4v) is 2.40. The SMILES string of the molecule is O=P(O)(O)C(CO)P(=O)(O)O.[W]. The van der Waals surface area contributed by atoms with Gasteiger partial charge in [0, 0.05) is 21.1 Å². The first-order valence-corrected chi connectivity index (χ1v) is 5.77. The van der Waals surface area contributed by atoms with Crippen molar-refractivity contribution in [3.05, 3.63) is 0 Å². The largest absolute Gasteiger partial charge is 0.395 e. The Labute approximate surface area is 82.4 Å². The molecular weight excluding hydrogens is 382 g/mol. The minimum absolute atomic E-state index is 0. The molecule has 10 heteroatoms. The number of hydrogen-bond acceptors (Lipinski definition) is 3. The van der Waals surface area contributed by atoms with Gasteiger partial charge in [-0.2, -0.15) is 0 Å². The molecule has 0 aromatic rings. The molecule has 0 fully saturated rings. The van der Waals surface area contributed by atoms with Crippen LogP contribution in [-0.4, -0.2) is 36.7 Å². The van der Waals surface area contributed by atoms with Gasteiger partial charge in [-0.05, 0) is 0 Å². The van der Waals surface area contributed by atoms with Crippen molar-refractivity contribution in [3.63, 3.8) is 0 Å². The van der Waals surface area contributed by atoms with Crippen LogP contribution in [0.3, 0.4) is 0 Å². The standard InChI is InChI=1S/C2H8O7P2.W/c3-1-2(10(4,5)6)11(7,8)9;/h2-3H,1H2,(H2,4,5,6)(H2,7,8,9);. The third kappa shape index (κ3) is 4.85. The number of aliphatic hydroxyl groups is 1. The van der Waals surface area contributed by atoms with Gasteiger partial charge in [0.1, 0.15) is 0 Å². The molecule has 0 amide bonds. The Bertz CT molecular complexity index is 193. The maximum Gasteiger partial charge on any atom is 0.343 e. The molecular formula is C2H8O7P2W. The first kappa shape index (κ1) is 15.4. The van der Waals surface area contributed by atoms with Gasteiger partial charge >= 0.3 is 15.2 Å². The van der Waals surface area contributed by atoms with Crippen molar-refractivity contribution in [2.45, 2.75) is 5.40 Å². The van der Waals surface area contributed by atoms with E-state index in [4.69, 9.17) is 24.7 Å². The Morgan fingerprint density at radius 1 is 1.00 bits per heavy atom. The van der Waals surface area contributed by atoms with Crippen LogP contribution in [0.25, 0.3) is 0 Å². The summed E-state index contributed by atoms with van der Waals surface area (Å²) in [6.07, 6.45) is 0. The quantitative estimate of drug-likeness (QED) is 0.377. The van der Waals surface area contributed by atoms with Gasteiger partial charge < -0.3 is 24.7 Å². The summed E-state index contributed by atoms with van der Waals surface area (Å²) in [7, 11) is -9.82. The summed E-state index contributed by atoms with van der Waals surface area (Å²) in [4.78, 5) is 33.1. The molecule has 0 aliphatic rings. The normalized spacial score (nSPS) is 12.8. The first-order chi connectivity index (χ1) is 4.69. The van der Waals surface area contributed by atoms with Crippen LogP contribution >= 0.6 is 15.2 Å². The zero-order valence-electron chi connectivity index (χ0n) is 5.64. The first-order valence-electron chi connectivity index (χ1n) is 2.41. The molecule has 5 N–H and O–H groups in total. The summed E-state index contributed by atoms with van der Waals surface area (Å²) in [5.41, 5.74) is 0. The van der Waals surface area contributed by atoms with Gasteiger partial charge in [0.25, 0.3) is 0 Å². The number of rotatable bonds is 3. The zero-order chi connectivity index (χ0) is 9.28. The second kappa shape index (κ2) is 4.99. The van der Waals surface area contributed by atoms with E-state index in [0.717, 1.165) is 0 Å². The predicted molar refractivity (Wildman–Crippen MR) is 35.0 cm³/mol. The second-order valence-electron chi connectivity index (χ2n) is 1.84. The van der Waals surface area contributed by atoms with Crippen LogP contribution in [0.4, 0.5) is 0 Å². The van der Waals surface area contributed by atoms with E-state index >= 15 is 0 Å². The molecule has 0 saturated heterocycles. The monoisotopic (exact) mass is 390 g/mol. The molecule has 0 heterocycles. The molecule has 0 spiro atoms. The van der Waals surface area contributed by atoms with Crippen molar-refractivity contribution in [3.8, 4) is 0 Å². The topological polar surface area (TPSA) is 135 Å². The Morgan fingerprint density at radius 3 is 1.25 bits per heavy atom. The van der Waals surface area contributed by atoms with Crippen molar-refractivity contribution in [2.24, 2.45) is 0 Å². The predicted octanol–water partition coefficient (Wildman–Crippen LogP) is -1.34.